The van der Waals surface area contributed by atoms with Crippen LogP contribution in [0.2, 0.25) is 0 Å². The Hall–Kier alpha value is -2.21. The number of carbonyl (C=O) groups is 1. The largest absolute Gasteiger partial charge is 0.351 e. The Balaban J connectivity index is 2.02. The molecular weight excluding hydrogens is 266 g/mol. The Labute approximate surface area is 124 Å². The lowest BCUT2D eigenvalue weighted by molar-refractivity contribution is -0.122. The van der Waals surface area contributed by atoms with Crippen molar-refractivity contribution in [1.82, 2.24) is 20.1 Å². The highest BCUT2D eigenvalue weighted by Crippen LogP contribution is 2.10. The number of aromatic nitrogens is 3. The normalized spacial score (nSPS) is 12.4. The summed E-state index contributed by atoms with van der Waals surface area (Å²) >= 11 is 0. The number of nitrogens with zero attached hydrogens (tertiary/aromatic N) is 3. The number of hydrogen-bond acceptors (Lipinski definition) is 4. The summed E-state index contributed by atoms with van der Waals surface area (Å²) in [6.45, 7) is 4.47. The summed E-state index contributed by atoms with van der Waals surface area (Å²) in [5.74, 6) is 0.961. The molecule has 0 unspecified atom stereocenters. The molecule has 2 rings (SSSR count). The van der Waals surface area contributed by atoms with Crippen LogP contribution in [0.15, 0.2) is 36.8 Å². The highest BCUT2D eigenvalue weighted by molar-refractivity contribution is 5.81. The topological polar surface area (TPSA) is 85.8 Å². The standard InChI is InChI=1S/C15H21N5O/c1-11(2)9-13(16)15(21)18-10-12-5-3-6-17-14(12)20-8-4-7-19-20/h3-8,11,13H,9-10,16H2,1-2H3,(H,18,21)/t13-/m0/s1. The minimum atomic E-state index is -0.477. The van der Waals surface area contributed by atoms with Crippen LogP contribution in [-0.2, 0) is 11.3 Å². The number of nitrogens with one attached hydrogen (secondary N) is 1. The third-order valence-electron chi connectivity index (χ3n) is 3.10. The van der Waals surface area contributed by atoms with Crippen LogP contribution in [0.1, 0.15) is 25.8 Å². The fourth-order valence-electron chi connectivity index (χ4n) is 2.10. The zero-order chi connectivity index (χ0) is 15.2. The Morgan fingerprint density at radius 1 is 1.38 bits per heavy atom. The van der Waals surface area contributed by atoms with Gasteiger partial charge in [-0.15, -0.1) is 0 Å². The van der Waals surface area contributed by atoms with E-state index < -0.39 is 6.04 Å². The van der Waals surface area contributed by atoms with Crippen molar-refractivity contribution >= 4 is 5.91 Å². The molecule has 21 heavy (non-hydrogen) atoms. The second kappa shape index (κ2) is 6.99. The maximum absolute atomic E-state index is 12.0. The van der Waals surface area contributed by atoms with E-state index in [-0.39, 0.29) is 5.91 Å². The van der Waals surface area contributed by atoms with Crippen molar-refractivity contribution in [3.63, 3.8) is 0 Å². The molecule has 0 spiro atoms. The number of carbonyl (C=O) groups excluding carboxylic acids is 1. The van der Waals surface area contributed by atoms with E-state index >= 15 is 0 Å². The molecule has 2 aromatic rings. The van der Waals surface area contributed by atoms with E-state index in [1.165, 1.54) is 0 Å². The fourth-order valence-corrected chi connectivity index (χ4v) is 2.10. The molecule has 2 aromatic heterocycles. The van der Waals surface area contributed by atoms with Crippen LogP contribution in [0.25, 0.3) is 5.82 Å². The van der Waals surface area contributed by atoms with Gasteiger partial charge in [0.05, 0.1) is 6.04 Å². The number of amides is 1. The van der Waals surface area contributed by atoms with Gasteiger partial charge >= 0.3 is 0 Å². The molecule has 0 aromatic carbocycles. The van der Waals surface area contributed by atoms with Crippen LogP contribution >= 0.6 is 0 Å². The molecule has 0 aliphatic carbocycles. The molecule has 0 saturated carbocycles. The molecule has 112 valence electrons. The molecule has 3 N–H and O–H groups in total. The molecule has 6 heteroatoms. The zero-order valence-electron chi connectivity index (χ0n) is 12.4. The van der Waals surface area contributed by atoms with E-state index in [1.807, 2.05) is 38.2 Å². The lowest BCUT2D eigenvalue weighted by Gasteiger charge is -2.15. The van der Waals surface area contributed by atoms with E-state index in [2.05, 4.69) is 15.4 Å². The highest BCUT2D eigenvalue weighted by Gasteiger charge is 2.15. The second-order valence-corrected chi connectivity index (χ2v) is 5.39. The van der Waals surface area contributed by atoms with Crippen molar-refractivity contribution < 1.29 is 4.79 Å². The highest BCUT2D eigenvalue weighted by atomic mass is 16.2. The smallest absolute Gasteiger partial charge is 0.237 e. The van der Waals surface area contributed by atoms with Crippen LogP contribution in [-0.4, -0.2) is 26.7 Å². The molecule has 0 bridgehead atoms. The minimum Gasteiger partial charge on any atom is -0.351 e. The van der Waals surface area contributed by atoms with Crippen LogP contribution in [0.5, 0.6) is 0 Å². The predicted octanol–water partition coefficient (Wildman–Crippen LogP) is 1.26. The number of pyridine rings is 1. The molecule has 2 heterocycles. The zero-order valence-corrected chi connectivity index (χ0v) is 12.4. The summed E-state index contributed by atoms with van der Waals surface area (Å²) in [5, 5.41) is 7.03. The lowest BCUT2D eigenvalue weighted by atomic mass is 10.0. The number of nitrogens with two attached hydrogens (primary N) is 1. The van der Waals surface area contributed by atoms with Crippen molar-refractivity contribution in [2.75, 3.05) is 0 Å². The first-order chi connectivity index (χ1) is 10.1. The summed E-state index contributed by atoms with van der Waals surface area (Å²) in [5.41, 5.74) is 6.76. The van der Waals surface area contributed by atoms with Gasteiger partial charge in [-0.05, 0) is 24.5 Å². The second-order valence-electron chi connectivity index (χ2n) is 5.39. The molecule has 0 saturated heterocycles. The van der Waals surface area contributed by atoms with Gasteiger partial charge in [-0.3, -0.25) is 4.79 Å². The molecule has 0 fully saturated rings. The van der Waals surface area contributed by atoms with Crippen molar-refractivity contribution in [1.29, 1.82) is 0 Å². The van der Waals surface area contributed by atoms with E-state index in [0.29, 0.717) is 24.7 Å². The average Bonchev–Trinajstić information content (AvgIpc) is 2.98. The maximum atomic E-state index is 12.0. The third-order valence-corrected chi connectivity index (χ3v) is 3.10. The molecular formula is C15H21N5O. The van der Waals surface area contributed by atoms with E-state index in [9.17, 15) is 4.79 Å². The maximum Gasteiger partial charge on any atom is 0.237 e. The summed E-state index contributed by atoms with van der Waals surface area (Å²) in [6, 6.07) is 5.10. The van der Waals surface area contributed by atoms with Crippen LogP contribution in [0.4, 0.5) is 0 Å². The van der Waals surface area contributed by atoms with Gasteiger partial charge in [-0.2, -0.15) is 5.10 Å². The molecule has 1 atom stereocenters. The molecule has 0 aliphatic rings. The van der Waals surface area contributed by atoms with Gasteiger partial charge in [0.15, 0.2) is 5.82 Å². The first-order valence-corrected chi connectivity index (χ1v) is 7.05. The van der Waals surface area contributed by atoms with Crippen molar-refractivity contribution in [2.45, 2.75) is 32.9 Å². The summed E-state index contributed by atoms with van der Waals surface area (Å²) in [7, 11) is 0. The van der Waals surface area contributed by atoms with E-state index in [4.69, 9.17) is 5.73 Å². The Morgan fingerprint density at radius 3 is 2.86 bits per heavy atom. The van der Waals surface area contributed by atoms with Crippen LogP contribution in [0.3, 0.4) is 0 Å². The number of rotatable bonds is 6. The van der Waals surface area contributed by atoms with Gasteiger partial charge in [-0.25, -0.2) is 9.67 Å². The van der Waals surface area contributed by atoms with Gasteiger partial charge in [0.25, 0.3) is 0 Å². The number of hydrogen-bond donors (Lipinski definition) is 2. The summed E-state index contributed by atoms with van der Waals surface area (Å²) < 4.78 is 1.68. The minimum absolute atomic E-state index is 0.140. The first-order valence-electron chi connectivity index (χ1n) is 7.05. The molecule has 1 amide bonds. The van der Waals surface area contributed by atoms with Gasteiger partial charge in [-0.1, -0.05) is 19.9 Å². The van der Waals surface area contributed by atoms with E-state index in [0.717, 1.165) is 5.56 Å². The lowest BCUT2D eigenvalue weighted by Crippen LogP contribution is -2.41. The monoisotopic (exact) mass is 287 g/mol. The predicted molar refractivity (Wildman–Crippen MR) is 80.6 cm³/mol. The quantitative estimate of drug-likeness (QED) is 0.837. The van der Waals surface area contributed by atoms with Crippen LogP contribution < -0.4 is 11.1 Å². The van der Waals surface area contributed by atoms with Crippen molar-refractivity contribution in [2.24, 2.45) is 11.7 Å². The van der Waals surface area contributed by atoms with Crippen LogP contribution in [0, 0.1) is 5.92 Å². The van der Waals surface area contributed by atoms with Gasteiger partial charge in [0, 0.05) is 30.7 Å². The Kier molecular flexibility index (Phi) is 5.05. The fraction of sp³-hybridized carbons (Fsp3) is 0.400. The molecule has 6 nitrogen and oxygen atoms in total. The molecule has 0 aliphatic heterocycles. The summed E-state index contributed by atoms with van der Waals surface area (Å²) in [4.78, 5) is 16.3. The average molecular weight is 287 g/mol. The van der Waals surface area contributed by atoms with Gasteiger partial charge in [0.1, 0.15) is 0 Å². The van der Waals surface area contributed by atoms with E-state index in [1.54, 1.807) is 17.1 Å². The Bertz CT molecular complexity index is 580. The van der Waals surface area contributed by atoms with Crippen molar-refractivity contribution in [3.05, 3.63) is 42.4 Å². The Morgan fingerprint density at radius 2 is 2.19 bits per heavy atom. The van der Waals surface area contributed by atoms with Gasteiger partial charge in [0.2, 0.25) is 5.91 Å². The SMILES string of the molecule is CC(C)C[C@H](N)C(=O)NCc1cccnc1-n1cccn1. The molecule has 0 radical (unpaired) electrons. The van der Waals surface area contributed by atoms with Gasteiger partial charge < -0.3 is 11.1 Å². The first kappa shape index (κ1) is 15.2. The summed E-state index contributed by atoms with van der Waals surface area (Å²) in [6.07, 6.45) is 5.88. The van der Waals surface area contributed by atoms with Crippen molar-refractivity contribution in [3.8, 4) is 5.82 Å². The third kappa shape index (κ3) is 4.13.